The second-order valence-corrected chi connectivity index (χ2v) is 9.61. The number of likely N-dealkylation sites (N-methyl/N-ethyl adjacent to an activating group) is 1. The third kappa shape index (κ3) is 9.45. The first kappa shape index (κ1) is 31.8. The van der Waals surface area contributed by atoms with Gasteiger partial charge < -0.3 is 40.3 Å². The molecule has 0 spiro atoms. The van der Waals surface area contributed by atoms with Crippen LogP contribution in [0.5, 0.6) is 0 Å². The van der Waals surface area contributed by atoms with Crippen LogP contribution in [0.4, 0.5) is 9.59 Å². The largest absolute Gasteiger partial charge is 0.453 e. The molecule has 0 saturated heterocycles. The average Bonchev–Trinajstić information content (AvgIpc) is 3.74. The second-order valence-electron chi connectivity index (χ2n) is 9.61. The number of nitrogens with zero attached hydrogens (tertiary/aromatic N) is 3. The Balaban J connectivity index is 1.28. The minimum absolute atomic E-state index is 0.169. The van der Waals surface area contributed by atoms with Crippen LogP contribution in [0, 0.1) is 11.8 Å². The number of amides is 4. The molecule has 0 radical (unpaired) electrons. The number of aromatic amines is 2. The molecular weight excluding hydrogens is 580 g/mol. The van der Waals surface area contributed by atoms with Crippen LogP contribution >= 0.6 is 0 Å². The van der Waals surface area contributed by atoms with E-state index in [1.54, 1.807) is 19.4 Å². The maximum Gasteiger partial charge on any atom is 0.407 e. The number of carbonyl (C=O) groups excluding carboxylic acids is 4. The van der Waals surface area contributed by atoms with Crippen molar-refractivity contribution in [3.8, 4) is 34.4 Å². The van der Waals surface area contributed by atoms with Gasteiger partial charge in [-0.25, -0.2) is 19.6 Å². The molecule has 0 fully saturated rings. The van der Waals surface area contributed by atoms with Gasteiger partial charge in [0.2, 0.25) is 11.8 Å². The number of hydrogen-bond donors (Lipinski definition) is 5. The lowest BCUT2D eigenvalue weighted by atomic mass is 10.1. The predicted molar refractivity (Wildman–Crippen MR) is 163 cm³/mol. The summed E-state index contributed by atoms with van der Waals surface area (Å²) in [7, 11) is 4.08. The zero-order valence-electron chi connectivity index (χ0n) is 24.9. The molecule has 232 valence electrons. The summed E-state index contributed by atoms with van der Waals surface area (Å²) >= 11 is 0. The maximum atomic E-state index is 12.2. The van der Waals surface area contributed by atoms with Crippen molar-refractivity contribution >= 4 is 24.0 Å². The summed E-state index contributed by atoms with van der Waals surface area (Å²) in [4.78, 5) is 62.7. The Morgan fingerprint density at radius 1 is 0.733 bits per heavy atom. The minimum atomic E-state index is -0.678. The highest BCUT2D eigenvalue weighted by molar-refractivity contribution is 5.82. The summed E-state index contributed by atoms with van der Waals surface area (Å²) in [6.07, 6.45) is 2.04. The Morgan fingerprint density at radius 2 is 1.22 bits per heavy atom. The molecule has 4 amide bonds. The van der Waals surface area contributed by atoms with Gasteiger partial charge in [0.25, 0.3) is 0 Å². The summed E-state index contributed by atoms with van der Waals surface area (Å²) in [6.45, 7) is 0.0712. The fourth-order valence-corrected chi connectivity index (χ4v) is 3.94. The van der Waals surface area contributed by atoms with E-state index in [4.69, 9.17) is 0 Å². The Bertz CT molecular complexity index is 1700. The third-order valence-electron chi connectivity index (χ3n) is 6.41. The normalized spacial score (nSPS) is 10.2. The number of rotatable bonds is 10. The standard InChI is InChI=1S/C31H32N8O6/c1-39(29(41)18-36-31(43)45-3)19-27-33-15-25(38-27)23-12-8-21(9-13-23)5-4-20-6-10-22(11-7-20)24-14-32-26(37-24)16-34-28(40)17-35-30(42)44-2/h6-15H,16-19H2,1-3H3,(H,32,37)(H,33,38)(H,34,40)(H,35,42)(H,36,43). The number of aromatic nitrogens is 4. The van der Waals surface area contributed by atoms with Crippen LogP contribution in [0.3, 0.4) is 0 Å². The predicted octanol–water partition coefficient (Wildman–Crippen LogP) is 2.15. The molecule has 2 aromatic carbocycles. The maximum absolute atomic E-state index is 12.2. The Kier molecular flexibility index (Phi) is 10.9. The lowest BCUT2D eigenvalue weighted by Crippen LogP contribution is -2.37. The monoisotopic (exact) mass is 612 g/mol. The molecule has 0 aliphatic rings. The number of alkyl carbamates (subject to hydrolysis) is 2. The van der Waals surface area contributed by atoms with E-state index in [1.165, 1.54) is 19.1 Å². The van der Waals surface area contributed by atoms with E-state index < -0.39 is 12.2 Å². The van der Waals surface area contributed by atoms with E-state index in [1.807, 2.05) is 48.5 Å². The number of benzene rings is 2. The molecular formula is C31H32N8O6. The van der Waals surface area contributed by atoms with Gasteiger partial charge >= 0.3 is 12.2 Å². The topological polar surface area (TPSA) is 183 Å². The number of H-pyrrole nitrogens is 2. The molecule has 0 bridgehead atoms. The number of nitrogens with one attached hydrogen (secondary N) is 5. The molecule has 0 aliphatic carbocycles. The molecule has 2 heterocycles. The molecule has 5 N–H and O–H groups in total. The minimum Gasteiger partial charge on any atom is -0.453 e. The van der Waals surface area contributed by atoms with Crippen molar-refractivity contribution in [1.82, 2.24) is 40.8 Å². The van der Waals surface area contributed by atoms with Crippen molar-refractivity contribution in [2.24, 2.45) is 0 Å². The van der Waals surface area contributed by atoms with Gasteiger partial charge in [0.1, 0.15) is 24.7 Å². The molecule has 0 atom stereocenters. The molecule has 0 unspecified atom stereocenters. The van der Waals surface area contributed by atoms with Crippen LogP contribution < -0.4 is 16.0 Å². The van der Waals surface area contributed by atoms with Gasteiger partial charge in [0, 0.05) is 18.2 Å². The number of imidazole rings is 2. The molecule has 0 aliphatic heterocycles. The first-order chi connectivity index (χ1) is 21.7. The van der Waals surface area contributed by atoms with Crippen molar-refractivity contribution in [2.45, 2.75) is 13.1 Å². The van der Waals surface area contributed by atoms with Crippen LogP contribution in [-0.2, 0) is 32.2 Å². The van der Waals surface area contributed by atoms with Crippen LogP contribution in [0.25, 0.3) is 22.5 Å². The van der Waals surface area contributed by atoms with E-state index in [9.17, 15) is 19.2 Å². The number of methoxy groups -OCH3 is 2. The quantitative estimate of drug-likeness (QED) is 0.169. The van der Waals surface area contributed by atoms with Gasteiger partial charge in [-0.2, -0.15) is 0 Å². The highest BCUT2D eigenvalue weighted by Crippen LogP contribution is 2.19. The SMILES string of the molecule is COC(=O)NCC(=O)NCc1ncc(-c2ccc(C#Cc3ccc(-c4cnc(CN(C)C(=O)CNC(=O)OC)[nH]4)cc3)cc2)[nH]1. The van der Waals surface area contributed by atoms with Gasteiger partial charge in [-0.3, -0.25) is 9.59 Å². The van der Waals surface area contributed by atoms with Gasteiger partial charge in [0.05, 0.1) is 51.1 Å². The highest BCUT2D eigenvalue weighted by Gasteiger charge is 2.13. The molecule has 45 heavy (non-hydrogen) atoms. The number of carbonyl (C=O) groups is 4. The van der Waals surface area contributed by atoms with E-state index in [0.29, 0.717) is 11.6 Å². The number of hydrogen-bond acceptors (Lipinski definition) is 8. The average molecular weight is 613 g/mol. The fourth-order valence-electron chi connectivity index (χ4n) is 3.94. The van der Waals surface area contributed by atoms with Crippen LogP contribution in [0.2, 0.25) is 0 Å². The smallest absolute Gasteiger partial charge is 0.407 e. The highest BCUT2D eigenvalue weighted by atomic mass is 16.5. The third-order valence-corrected chi connectivity index (χ3v) is 6.41. The van der Waals surface area contributed by atoms with E-state index in [0.717, 1.165) is 33.6 Å². The van der Waals surface area contributed by atoms with Crippen LogP contribution in [0.1, 0.15) is 22.8 Å². The summed E-state index contributed by atoms with van der Waals surface area (Å²) in [5.74, 6) is 6.86. The van der Waals surface area contributed by atoms with Crippen LogP contribution in [0.15, 0.2) is 60.9 Å². The van der Waals surface area contributed by atoms with Crippen molar-refractivity contribution in [2.75, 3.05) is 34.4 Å². The Morgan fingerprint density at radius 3 is 1.76 bits per heavy atom. The zero-order chi connectivity index (χ0) is 32.2. The second kappa shape index (κ2) is 15.4. The molecule has 14 heteroatoms. The first-order valence-electron chi connectivity index (χ1n) is 13.7. The van der Waals surface area contributed by atoms with Crippen molar-refractivity contribution in [3.63, 3.8) is 0 Å². The molecule has 4 aromatic rings. The summed E-state index contributed by atoms with van der Waals surface area (Å²) in [5.41, 5.74) is 5.10. The fraction of sp³-hybridized carbons (Fsp3) is 0.226. The van der Waals surface area contributed by atoms with Gasteiger partial charge in [0.15, 0.2) is 0 Å². The lowest BCUT2D eigenvalue weighted by molar-refractivity contribution is -0.129. The van der Waals surface area contributed by atoms with E-state index in [-0.39, 0.29) is 38.0 Å². The lowest BCUT2D eigenvalue weighted by Gasteiger charge is -2.15. The van der Waals surface area contributed by atoms with Crippen molar-refractivity contribution in [1.29, 1.82) is 0 Å². The van der Waals surface area contributed by atoms with Crippen molar-refractivity contribution < 1.29 is 28.7 Å². The summed E-state index contributed by atoms with van der Waals surface area (Å²) in [5, 5.41) is 7.33. The van der Waals surface area contributed by atoms with E-state index >= 15 is 0 Å². The molecule has 2 aromatic heterocycles. The molecule has 4 rings (SSSR count). The first-order valence-corrected chi connectivity index (χ1v) is 13.7. The number of ether oxygens (including phenoxy) is 2. The Hall–Kier alpha value is -6.10. The summed E-state index contributed by atoms with van der Waals surface area (Å²) < 4.78 is 8.90. The van der Waals surface area contributed by atoms with Crippen LogP contribution in [-0.4, -0.2) is 83.2 Å². The Labute approximate surface area is 258 Å². The van der Waals surface area contributed by atoms with E-state index in [2.05, 4.69) is 57.2 Å². The molecule has 14 nitrogen and oxygen atoms in total. The molecule has 0 saturated carbocycles. The summed E-state index contributed by atoms with van der Waals surface area (Å²) in [6, 6.07) is 15.4. The van der Waals surface area contributed by atoms with Crippen molar-refractivity contribution in [3.05, 3.63) is 83.7 Å². The van der Waals surface area contributed by atoms with Gasteiger partial charge in [-0.1, -0.05) is 36.1 Å². The van der Waals surface area contributed by atoms with Gasteiger partial charge in [-0.05, 0) is 35.4 Å². The zero-order valence-corrected chi connectivity index (χ0v) is 24.9. The van der Waals surface area contributed by atoms with Gasteiger partial charge in [-0.15, -0.1) is 0 Å².